The Morgan fingerprint density at radius 3 is 2.24 bits per heavy atom. The molecular formula is C19H32O2. The summed E-state index contributed by atoms with van der Waals surface area (Å²) < 4.78 is 5.58. The molecule has 0 fully saturated rings. The van der Waals surface area contributed by atoms with Crippen molar-refractivity contribution in [2.45, 2.75) is 71.3 Å². The molecule has 0 bridgehead atoms. The summed E-state index contributed by atoms with van der Waals surface area (Å²) in [6.07, 6.45) is 9.37. The number of aliphatic hydroxyl groups excluding tert-OH is 1. The summed E-state index contributed by atoms with van der Waals surface area (Å²) in [4.78, 5) is 0. The molecule has 0 spiro atoms. The van der Waals surface area contributed by atoms with Crippen molar-refractivity contribution in [3.05, 3.63) is 35.4 Å². The highest BCUT2D eigenvalue weighted by Gasteiger charge is 2.07. The molecule has 0 aliphatic rings. The fourth-order valence-corrected chi connectivity index (χ4v) is 2.47. The summed E-state index contributed by atoms with van der Waals surface area (Å²) >= 11 is 0. The van der Waals surface area contributed by atoms with E-state index in [-0.39, 0.29) is 0 Å². The van der Waals surface area contributed by atoms with Gasteiger partial charge in [0.25, 0.3) is 0 Å². The third kappa shape index (κ3) is 8.23. The molecule has 1 unspecified atom stereocenters. The molecule has 1 rings (SSSR count). The molecule has 2 heteroatoms. The molecule has 1 aromatic rings. The van der Waals surface area contributed by atoms with E-state index >= 15 is 0 Å². The fraction of sp³-hybridized carbons (Fsp3) is 0.684. The van der Waals surface area contributed by atoms with Crippen molar-refractivity contribution >= 4 is 0 Å². The van der Waals surface area contributed by atoms with E-state index < -0.39 is 6.10 Å². The molecule has 1 atom stereocenters. The molecule has 0 radical (unpaired) electrons. The Balaban J connectivity index is 2.11. The van der Waals surface area contributed by atoms with Crippen molar-refractivity contribution in [1.82, 2.24) is 0 Å². The van der Waals surface area contributed by atoms with E-state index in [1.165, 1.54) is 37.7 Å². The summed E-state index contributed by atoms with van der Waals surface area (Å²) in [6.45, 7) is 5.58. The minimum atomic E-state index is -0.499. The van der Waals surface area contributed by atoms with Crippen LogP contribution in [0.15, 0.2) is 24.3 Å². The minimum absolute atomic E-state index is 0.405. The first-order valence-corrected chi connectivity index (χ1v) is 8.62. The molecule has 0 heterocycles. The van der Waals surface area contributed by atoms with Crippen LogP contribution in [-0.2, 0) is 11.2 Å². The third-order valence-electron chi connectivity index (χ3n) is 3.82. The van der Waals surface area contributed by atoms with E-state index in [0.717, 1.165) is 31.4 Å². The molecule has 21 heavy (non-hydrogen) atoms. The van der Waals surface area contributed by atoms with Gasteiger partial charge in [-0.3, -0.25) is 0 Å². The molecule has 0 amide bonds. The Morgan fingerprint density at radius 1 is 0.905 bits per heavy atom. The third-order valence-corrected chi connectivity index (χ3v) is 3.82. The number of hydrogen-bond acceptors (Lipinski definition) is 2. The van der Waals surface area contributed by atoms with Crippen molar-refractivity contribution < 1.29 is 9.84 Å². The van der Waals surface area contributed by atoms with Crippen LogP contribution < -0.4 is 0 Å². The lowest BCUT2D eigenvalue weighted by Crippen LogP contribution is -2.08. The highest BCUT2D eigenvalue weighted by molar-refractivity contribution is 5.24. The van der Waals surface area contributed by atoms with E-state index in [9.17, 15) is 5.11 Å². The Hall–Kier alpha value is -0.860. The van der Waals surface area contributed by atoms with Crippen LogP contribution in [0.4, 0.5) is 0 Å². The van der Waals surface area contributed by atoms with Gasteiger partial charge < -0.3 is 9.84 Å². The molecule has 0 aliphatic heterocycles. The lowest BCUT2D eigenvalue weighted by atomic mass is 10.0. The minimum Gasteiger partial charge on any atom is -0.386 e. The largest absolute Gasteiger partial charge is 0.386 e. The molecule has 1 aromatic carbocycles. The number of aryl methyl sites for hydroxylation is 1. The molecule has 0 saturated carbocycles. The molecule has 2 nitrogen and oxygen atoms in total. The topological polar surface area (TPSA) is 29.5 Å². The SMILES string of the molecule is CCCCCCCCOCC(O)c1ccc(CCC)cc1. The summed E-state index contributed by atoms with van der Waals surface area (Å²) in [6, 6.07) is 8.25. The maximum Gasteiger partial charge on any atom is 0.102 e. The van der Waals surface area contributed by atoms with E-state index in [1.807, 2.05) is 12.1 Å². The van der Waals surface area contributed by atoms with Gasteiger partial charge in [0.1, 0.15) is 6.10 Å². The van der Waals surface area contributed by atoms with Gasteiger partial charge in [-0.1, -0.05) is 76.6 Å². The highest BCUT2D eigenvalue weighted by Crippen LogP contribution is 2.15. The molecule has 0 aromatic heterocycles. The van der Waals surface area contributed by atoms with Crippen molar-refractivity contribution in [3.63, 3.8) is 0 Å². The van der Waals surface area contributed by atoms with Gasteiger partial charge in [0.2, 0.25) is 0 Å². The van der Waals surface area contributed by atoms with E-state index in [1.54, 1.807) is 0 Å². The van der Waals surface area contributed by atoms with Gasteiger partial charge in [0, 0.05) is 6.61 Å². The van der Waals surface area contributed by atoms with Gasteiger partial charge >= 0.3 is 0 Å². The second kappa shape index (κ2) is 11.8. The average molecular weight is 292 g/mol. The van der Waals surface area contributed by atoms with Gasteiger partial charge in [-0.05, 0) is 24.0 Å². The lowest BCUT2D eigenvalue weighted by Gasteiger charge is -2.12. The van der Waals surface area contributed by atoms with Gasteiger partial charge in [0.05, 0.1) is 6.61 Å². The van der Waals surface area contributed by atoms with Crippen molar-refractivity contribution in [3.8, 4) is 0 Å². The maximum atomic E-state index is 10.1. The summed E-state index contributed by atoms with van der Waals surface area (Å²) in [7, 11) is 0. The predicted octanol–water partition coefficient (Wildman–Crippen LogP) is 5.05. The van der Waals surface area contributed by atoms with Crippen LogP contribution in [0, 0.1) is 0 Å². The van der Waals surface area contributed by atoms with E-state index in [2.05, 4.69) is 26.0 Å². The van der Waals surface area contributed by atoms with E-state index in [0.29, 0.717) is 6.61 Å². The summed E-state index contributed by atoms with van der Waals surface area (Å²) in [5, 5.41) is 10.1. The highest BCUT2D eigenvalue weighted by atomic mass is 16.5. The van der Waals surface area contributed by atoms with Crippen LogP contribution in [0.1, 0.15) is 76.0 Å². The van der Waals surface area contributed by atoms with Crippen LogP contribution in [-0.4, -0.2) is 18.3 Å². The monoisotopic (exact) mass is 292 g/mol. The molecule has 0 saturated heterocycles. The van der Waals surface area contributed by atoms with Gasteiger partial charge in [-0.25, -0.2) is 0 Å². The number of benzene rings is 1. The first-order valence-electron chi connectivity index (χ1n) is 8.62. The molecule has 120 valence electrons. The first-order chi connectivity index (χ1) is 10.3. The smallest absolute Gasteiger partial charge is 0.102 e. The summed E-state index contributed by atoms with van der Waals surface area (Å²) in [5.74, 6) is 0. The van der Waals surface area contributed by atoms with Crippen LogP contribution >= 0.6 is 0 Å². The van der Waals surface area contributed by atoms with Crippen LogP contribution in [0.5, 0.6) is 0 Å². The molecular weight excluding hydrogens is 260 g/mol. The normalized spacial score (nSPS) is 12.5. The Kier molecular flexibility index (Phi) is 10.2. The Bertz CT molecular complexity index is 345. The number of rotatable bonds is 12. The number of ether oxygens (including phenoxy) is 1. The first kappa shape index (κ1) is 18.2. The zero-order chi connectivity index (χ0) is 15.3. The lowest BCUT2D eigenvalue weighted by molar-refractivity contribution is 0.0344. The van der Waals surface area contributed by atoms with Gasteiger partial charge in [-0.2, -0.15) is 0 Å². The zero-order valence-corrected chi connectivity index (χ0v) is 13.8. The average Bonchev–Trinajstić information content (AvgIpc) is 2.51. The molecule has 1 N–H and O–H groups in total. The van der Waals surface area contributed by atoms with Crippen molar-refractivity contribution in [1.29, 1.82) is 0 Å². The van der Waals surface area contributed by atoms with Gasteiger partial charge in [-0.15, -0.1) is 0 Å². The second-order valence-electron chi connectivity index (χ2n) is 5.85. The standard InChI is InChI=1S/C19H32O2/c1-3-5-6-7-8-9-15-21-16-19(20)18-13-11-17(10-4-2)12-14-18/h11-14,19-20H,3-10,15-16H2,1-2H3. The second-order valence-corrected chi connectivity index (χ2v) is 5.85. The maximum absolute atomic E-state index is 10.1. The van der Waals surface area contributed by atoms with Crippen LogP contribution in [0.3, 0.4) is 0 Å². The van der Waals surface area contributed by atoms with Crippen molar-refractivity contribution in [2.24, 2.45) is 0 Å². The van der Waals surface area contributed by atoms with Gasteiger partial charge in [0.15, 0.2) is 0 Å². The van der Waals surface area contributed by atoms with Crippen LogP contribution in [0.25, 0.3) is 0 Å². The predicted molar refractivity (Wildman–Crippen MR) is 89.6 cm³/mol. The summed E-state index contributed by atoms with van der Waals surface area (Å²) in [5.41, 5.74) is 2.29. The Morgan fingerprint density at radius 2 is 1.57 bits per heavy atom. The number of hydrogen-bond donors (Lipinski definition) is 1. The number of unbranched alkanes of at least 4 members (excludes halogenated alkanes) is 5. The zero-order valence-electron chi connectivity index (χ0n) is 13.8. The quantitative estimate of drug-likeness (QED) is 0.546. The van der Waals surface area contributed by atoms with E-state index in [4.69, 9.17) is 4.74 Å². The van der Waals surface area contributed by atoms with Crippen molar-refractivity contribution in [2.75, 3.05) is 13.2 Å². The molecule has 0 aliphatic carbocycles. The van der Waals surface area contributed by atoms with Crippen LogP contribution in [0.2, 0.25) is 0 Å². The number of aliphatic hydroxyl groups is 1. The fourth-order valence-electron chi connectivity index (χ4n) is 2.47. The Labute approximate surface area is 130 Å².